The minimum absolute atomic E-state index is 0.269. The van der Waals surface area contributed by atoms with Gasteiger partial charge in [0.2, 0.25) is 0 Å². The van der Waals surface area contributed by atoms with E-state index in [2.05, 4.69) is 24.0 Å². The van der Waals surface area contributed by atoms with E-state index in [-0.39, 0.29) is 5.56 Å². The molecule has 1 heterocycles. The number of aromatic amines is 1. The first-order valence-corrected chi connectivity index (χ1v) is 9.94. The van der Waals surface area contributed by atoms with Crippen molar-refractivity contribution in [3.8, 4) is 11.1 Å². The highest BCUT2D eigenvalue weighted by Gasteiger charge is 2.10. The Balaban J connectivity index is 1.40. The second-order valence-corrected chi connectivity index (χ2v) is 7.50. The second-order valence-electron chi connectivity index (χ2n) is 7.50. The first kappa shape index (κ1) is 19.9. The van der Waals surface area contributed by atoms with Crippen molar-refractivity contribution in [2.45, 2.75) is 19.9 Å². The number of hydrogen-bond donors (Lipinski definition) is 3. The third-order valence-corrected chi connectivity index (χ3v) is 5.41. The number of hydroxylamine groups is 2. The van der Waals surface area contributed by atoms with Gasteiger partial charge in [0, 0.05) is 29.7 Å². The minimum Gasteiger partial charge on any atom is -0.478 e. The molecule has 152 valence electrons. The van der Waals surface area contributed by atoms with Gasteiger partial charge in [-0.1, -0.05) is 54.6 Å². The number of nitrogens with zero attached hydrogens (tertiary/aromatic N) is 1. The summed E-state index contributed by atoms with van der Waals surface area (Å²) in [6.45, 7) is 3.02. The summed E-state index contributed by atoms with van der Waals surface area (Å²) in [4.78, 5) is 14.6. The highest BCUT2D eigenvalue weighted by Crippen LogP contribution is 2.23. The van der Waals surface area contributed by atoms with Crippen LogP contribution in [0.3, 0.4) is 0 Å². The molecule has 0 aliphatic carbocycles. The van der Waals surface area contributed by atoms with E-state index >= 15 is 0 Å². The van der Waals surface area contributed by atoms with Crippen LogP contribution in [-0.4, -0.2) is 32.9 Å². The molecule has 0 saturated heterocycles. The summed E-state index contributed by atoms with van der Waals surface area (Å²) < 4.78 is 0. The predicted octanol–water partition coefficient (Wildman–Crippen LogP) is 5.28. The van der Waals surface area contributed by atoms with Crippen LogP contribution < -0.4 is 0 Å². The molecule has 0 unspecified atom stereocenters. The molecule has 0 aliphatic rings. The third-order valence-electron chi connectivity index (χ3n) is 5.41. The third kappa shape index (κ3) is 4.27. The normalized spacial score (nSPS) is 11.3. The maximum absolute atomic E-state index is 11.2. The number of para-hydroxylation sites is 1. The van der Waals surface area contributed by atoms with E-state index in [9.17, 15) is 10.0 Å². The summed E-state index contributed by atoms with van der Waals surface area (Å²) in [7, 11) is 0. The zero-order valence-electron chi connectivity index (χ0n) is 16.8. The van der Waals surface area contributed by atoms with Crippen LogP contribution in [0.25, 0.3) is 22.0 Å². The fraction of sp³-hybridized carbons (Fsp3) is 0.160. The first-order chi connectivity index (χ1) is 14.5. The number of fused-ring (bicyclic) bond motifs is 1. The summed E-state index contributed by atoms with van der Waals surface area (Å²) in [5, 5.41) is 22.1. The van der Waals surface area contributed by atoms with Crippen LogP contribution in [0.4, 0.5) is 0 Å². The maximum Gasteiger partial charge on any atom is 0.335 e. The summed E-state index contributed by atoms with van der Waals surface area (Å²) in [6.07, 6.45) is 0.756. The van der Waals surface area contributed by atoms with Crippen LogP contribution >= 0.6 is 0 Å². The number of hydrogen-bond acceptors (Lipinski definition) is 3. The highest BCUT2D eigenvalue weighted by molar-refractivity contribution is 5.89. The van der Waals surface area contributed by atoms with Gasteiger partial charge in [-0.05, 0) is 53.8 Å². The SMILES string of the molecule is Cc1[nH]c2ccccc2c1CCN(O)Cc1ccc(-c2cccc(C(=O)O)c2)cc1. The Morgan fingerprint density at radius 1 is 0.967 bits per heavy atom. The highest BCUT2D eigenvalue weighted by atomic mass is 16.5. The average molecular weight is 400 g/mol. The lowest BCUT2D eigenvalue weighted by atomic mass is 10.0. The van der Waals surface area contributed by atoms with Gasteiger partial charge in [-0.3, -0.25) is 0 Å². The summed E-state index contributed by atoms with van der Waals surface area (Å²) in [5.74, 6) is -0.935. The molecule has 3 N–H and O–H groups in total. The molecule has 0 saturated carbocycles. The van der Waals surface area contributed by atoms with Gasteiger partial charge in [0.15, 0.2) is 0 Å². The van der Waals surface area contributed by atoms with E-state index in [4.69, 9.17) is 5.11 Å². The number of carboxylic acids is 1. The standard InChI is InChI=1S/C25H24N2O3/c1-17-22(23-7-2-3-8-24(23)26-17)13-14-27(30)16-18-9-11-19(12-10-18)20-5-4-6-21(15-20)25(28)29/h2-12,15,26,30H,13-14,16H2,1H3,(H,28,29). The van der Waals surface area contributed by atoms with Crippen molar-refractivity contribution in [2.75, 3.05) is 6.54 Å². The molecule has 1 aromatic heterocycles. The number of H-pyrrole nitrogens is 1. The van der Waals surface area contributed by atoms with E-state index < -0.39 is 5.97 Å². The largest absolute Gasteiger partial charge is 0.478 e. The summed E-state index contributed by atoms with van der Waals surface area (Å²) >= 11 is 0. The Kier molecular flexibility index (Phi) is 5.65. The molecular weight excluding hydrogens is 376 g/mol. The molecule has 4 rings (SSSR count). The fourth-order valence-electron chi connectivity index (χ4n) is 3.82. The van der Waals surface area contributed by atoms with Gasteiger partial charge in [0.1, 0.15) is 0 Å². The first-order valence-electron chi connectivity index (χ1n) is 9.94. The van der Waals surface area contributed by atoms with Crippen LogP contribution in [0.1, 0.15) is 27.2 Å². The lowest BCUT2D eigenvalue weighted by Gasteiger charge is -2.15. The van der Waals surface area contributed by atoms with Crippen LogP contribution in [-0.2, 0) is 13.0 Å². The number of nitrogens with one attached hydrogen (secondary N) is 1. The van der Waals surface area contributed by atoms with E-state index in [0.717, 1.165) is 34.3 Å². The van der Waals surface area contributed by atoms with Crippen molar-refractivity contribution in [1.82, 2.24) is 10.0 Å². The molecule has 0 fully saturated rings. The molecule has 3 aromatic carbocycles. The van der Waals surface area contributed by atoms with Crippen LogP contribution in [0.5, 0.6) is 0 Å². The lowest BCUT2D eigenvalue weighted by molar-refractivity contribution is -0.0981. The average Bonchev–Trinajstić information content (AvgIpc) is 3.08. The molecule has 5 heteroatoms. The van der Waals surface area contributed by atoms with Crippen molar-refractivity contribution in [2.24, 2.45) is 0 Å². The Morgan fingerprint density at radius 3 is 2.50 bits per heavy atom. The topological polar surface area (TPSA) is 76.6 Å². The number of aromatic nitrogens is 1. The molecule has 30 heavy (non-hydrogen) atoms. The number of aromatic carboxylic acids is 1. The van der Waals surface area contributed by atoms with Crippen LogP contribution in [0, 0.1) is 6.92 Å². The maximum atomic E-state index is 11.2. The second kappa shape index (κ2) is 8.53. The molecule has 0 radical (unpaired) electrons. The minimum atomic E-state index is -0.935. The molecule has 0 spiro atoms. The van der Waals surface area contributed by atoms with Crippen molar-refractivity contribution in [3.05, 3.63) is 95.2 Å². The molecular formula is C25H24N2O3. The van der Waals surface area contributed by atoms with Crippen LogP contribution in [0.2, 0.25) is 0 Å². The molecule has 0 aliphatic heterocycles. The van der Waals surface area contributed by atoms with E-state index in [1.807, 2.05) is 42.5 Å². The van der Waals surface area contributed by atoms with Gasteiger partial charge in [-0.2, -0.15) is 5.06 Å². The summed E-state index contributed by atoms with van der Waals surface area (Å²) in [6, 6.07) is 22.9. The Bertz CT molecular complexity index is 1180. The van der Waals surface area contributed by atoms with Gasteiger partial charge in [-0.15, -0.1) is 0 Å². The zero-order chi connectivity index (χ0) is 21.1. The van der Waals surface area contributed by atoms with Gasteiger partial charge in [0.25, 0.3) is 0 Å². The smallest absolute Gasteiger partial charge is 0.335 e. The van der Waals surface area contributed by atoms with Crippen molar-refractivity contribution >= 4 is 16.9 Å². The quantitative estimate of drug-likeness (QED) is 0.369. The van der Waals surface area contributed by atoms with Crippen molar-refractivity contribution in [1.29, 1.82) is 0 Å². The van der Waals surface area contributed by atoms with Gasteiger partial charge >= 0.3 is 5.97 Å². The Labute approximate surface area is 175 Å². The van der Waals surface area contributed by atoms with E-state index in [0.29, 0.717) is 13.1 Å². The fourth-order valence-corrected chi connectivity index (χ4v) is 3.82. The number of rotatable bonds is 7. The molecule has 5 nitrogen and oxygen atoms in total. The number of carboxylic acid groups (broad SMARTS) is 1. The van der Waals surface area contributed by atoms with Crippen molar-refractivity contribution in [3.63, 3.8) is 0 Å². The Hall–Kier alpha value is -3.41. The van der Waals surface area contributed by atoms with Crippen LogP contribution in [0.15, 0.2) is 72.8 Å². The van der Waals surface area contributed by atoms with Crippen molar-refractivity contribution < 1.29 is 15.1 Å². The molecule has 4 aromatic rings. The van der Waals surface area contributed by atoms with E-state index in [1.165, 1.54) is 16.0 Å². The predicted molar refractivity (Wildman–Crippen MR) is 118 cm³/mol. The van der Waals surface area contributed by atoms with Gasteiger partial charge < -0.3 is 15.3 Å². The lowest BCUT2D eigenvalue weighted by Crippen LogP contribution is -2.21. The zero-order valence-corrected chi connectivity index (χ0v) is 16.8. The number of carbonyl (C=O) groups is 1. The monoisotopic (exact) mass is 400 g/mol. The molecule has 0 atom stereocenters. The number of benzene rings is 3. The number of aryl methyl sites for hydroxylation is 1. The molecule has 0 amide bonds. The van der Waals surface area contributed by atoms with Gasteiger partial charge in [0.05, 0.1) is 5.56 Å². The van der Waals surface area contributed by atoms with Gasteiger partial charge in [-0.25, -0.2) is 4.79 Å². The summed E-state index contributed by atoms with van der Waals surface area (Å²) in [5.41, 5.74) is 6.56. The Morgan fingerprint density at radius 2 is 1.73 bits per heavy atom. The van der Waals surface area contributed by atoms with E-state index in [1.54, 1.807) is 18.2 Å². The molecule has 0 bridgehead atoms.